The number of fused-ring (bicyclic) bond motifs is 1. The van der Waals surface area contributed by atoms with Crippen molar-refractivity contribution in [1.29, 1.82) is 0 Å². The normalized spacial score (nSPS) is 17.1. The maximum atomic E-state index is 5.84. The number of hydrogen-bond acceptors (Lipinski definition) is 2. The Morgan fingerprint density at radius 3 is 2.79 bits per heavy atom. The summed E-state index contributed by atoms with van der Waals surface area (Å²) in [5.41, 5.74) is 1.29. The first-order chi connectivity index (χ1) is 9.13. The van der Waals surface area contributed by atoms with Crippen LogP contribution in [0, 0.1) is 0 Å². The molecule has 1 fully saturated rings. The predicted octanol–water partition coefficient (Wildman–Crippen LogP) is 3.13. The van der Waals surface area contributed by atoms with Crippen molar-refractivity contribution in [3.63, 3.8) is 0 Å². The maximum absolute atomic E-state index is 5.84. The van der Waals surface area contributed by atoms with Gasteiger partial charge in [0.1, 0.15) is 5.75 Å². The predicted molar refractivity (Wildman–Crippen MR) is 78.7 cm³/mol. The quantitative estimate of drug-likeness (QED) is 0.819. The average molecular weight is 258 g/mol. The lowest BCUT2D eigenvalue weighted by atomic mass is 10.2. The Morgan fingerprint density at radius 1 is 1.32 bits per heavy atom. The van der Waals surface area contributed by atoms with E-state index in [2.05, 4.69) is 60.9 Å². The molecule has 3 heteroatoms. The van der Waals surface area contributed by atoms with Crippen LogP contribution in [-0.2, 0) is 6.54 Å². The van der Waals surface area contributed by atoms with Gasteiger partial charge in [0.15, 0.2) is 0 Å². The molecule has 1 aromatic heterocycles. The van der Waals surface area contributed by atoms with E-state index in [1.165, 1.54) is 23.7 Å². The summed E-state index contributed by atoms with van der Waals surface area (Å²) in [6, 6.07) is 9.13. The number of nitrogens with zero attached hydrogens (tertiary/aromatic N) is 2. The summed E-state index contributed by atoms with van der Waals surface area (Å²) in [5.74, 6) is 1.01. The molecule has 102 valence electrons. The van der Waals surface area contributed by atoms with Crippen molar-refractivity contribution in [3.05, 3.63) is 30.5 Å². The van der Waals surface area contributed by atoms with Crippen LogP contribution in [0.1, 0.15) is 19.8 Å². The molecule has 1 unspecified atom stereocenters. The molecular weight excluding hydrogens is 236 g/mol. The highest BCUT2D eigenvalue weighted by Gasteiger charge is 2.23. The molecule has 0 radical (unpaired) electrons. The largest absolute Gasteiger partial charge is 0.490 e. The van der Waals surface area contributed by atoms with E-state index in [4.69, 9.17) is 4.74 Å². The molecule has 3 rings (SSSR count). The fourth-order valence-electron chi connectivity index (χ4n) is 2.24. The number of aromatic nitrogens is 1. The Morgan fingerprint density at radius 2 is 2.11 bits per heavy atom. The molecule has 1 atom stereocenters. The van der Waals surface area contributed by atoms with E-state index in [-0.39, 0.29) is 0 Å². The number of hydrogen-bond donors (Lipinski definition) is 0. The Bertz CT molecular complexity index is 569. The second-order valence-electron chi connectivity index (χ2n) is 5.82. The Kier molecular flexibility index (Phi) is 3.23. The first-order valence-corrected chi connectivity index (χ1v) is 7.05. The van der Waals surface area contributed by atoms with E-state index in [1.807, 2.05) is 0 Å². The molecule has 2 aromatic rings. The van der Waals surface area contributed by atoms with Crippen LogP contribution in [0.25, 0.3) is 10.9 Å². The van der Waals surface area contributed by atoms with Crippen molar-refractivity contribution < 1.29 is 4.74 Å². The van der Waals surface area contributed by atoms with Gasteiger partial charge in [0, 0.05) is 29.7 Å². The molecule has 0 N–H and O–H groups in total. The number of ether oxygens (including phenoxy) is 1. The summed E-state index contributed by atoms with van der Waals surface area (Å²) in [4.78, 5) is 2.25. The lowest BCUT2D eigenvalue weighted by molar-refractivity contribution is 0.286. The first-order valence-electron chi connectivity index (χ1n) is 7.05. The molecule has 1 aromatic carbocycles. The fraction of sp³-hybridized carbons (Fsp3) is 0.500. The van der Waals surface area contributed by atoms with E-state index < -0.39 is 0 Å². The Hall–Kier alpha value is -1.48. The summed E-state index contributed by atoms with van der Waals surface area (Å²) >= 11 is 0. The third-order valence-corrected chi connectivity index (χ3v) is 3.91. The molecule has 0 aliphatic heterocycles. The zero-order valence-corrected chi connectivity index (χ0v) is 12.0. The molecule has 0 bridgehead atoms. The van der Waals surface area contributed by atoms with Crippen LogP contribution >= 0.6 is 0 Å². The SMILES string of the molecule is CC(Cn1ccc2cc(OC3CC3)ccc21)N(C)C. The van der Waals surface area contributed by atoms with Gasteiger partial charge in [0.25, 0.3) is 0 Å². The molecule has 1 heterocycles. The van der Waals surface area contributed by atoms with Crippen LogP contribution in [0.4, 0.5) is 0 Å². The fourth-order valence-corrected chi connectivity index (χ4v) is 2.24. The second-order valence-corrected chi connectivity index (χ2v) is 5.82. The van der Waals surface area contributed by atoms with Crippen LogP contribution in [-0.4, -0.2) is 35.7 Å². The van der Waals surface area contributed by atoms with Crippen molar-refractivity contribution in [2.75, 3.05) is 14.1 Å². The highest BCUT2D eigenvalue weighted by molar-refractivity contribution is 5.81. The topological polar surface area (TPSA) is 17.4 Å². The van der Waals surface area contributed by atoms with Crippen molar-refractivity contribution in [1.82, 2.24) is 9.47 Å². The van der Waals surface area contributed by atoms with Crippen LogP contribution < -0.4 is 4.74 Å². The van der Waals surface area contributed by atoms with Crippen LogP contribution in [0.15, 0.2) is 30.5 Å². The van der Waals surface area contributed by atoms with Gasteiger partial charge in [-0.05, 0) is 58.1 Å². The lowest BCUT2D eigenvalue weighted by Gasteiger charge is -2.20. The summed E-state index contributed by atoms with van der Waals surface area (Å²) in [6.07, 6.45) is 5.05. The minimum Gasteiger partial charge on any atom is -0.490 e. The number of benzene rings is 1. The highest BCUT2D eigenvalue weighted by atomic mass is 16.5. The van der Waals surface area contributed by atoms with Gasteiger partial charge in [-0.25, -0.2) is 0 Å². The first kappa shape index (κ1) is 12.5. The monoisotopic (exact) mass is 258 g/mol. The Balaban J connectivity index is 1.82. The van der Waals surface area contributed by atoms with E-state index in [9.17, 15) is 0 Å². The van der Waals surface area contributed by atoms with Crippen LogP contribution in [0.3, 0.4) is 0 Å². The minimum absolute atomic E-state index is 0.466. The van der Waals surface area contributed by atoms with Gasteiger partial charge in [-0.3, -0.25) is 0 Å². The van der Waals surface area contributed by atoms with Gasteiger partial charge < -0.3 is 14.2 Å². The molecule has 19 heavy (non-hydrogen) atoms. The smallest absolute Gasteiger partial charge is 0.120 e. The second kappa shape index (κ2) is 4.89. The number of rotatable bonds is 5. The highest BCUT2D eigenvalue weighted by Crippen LogP contribution is 2.29. The molecule has 1 aliphatic carbocycles. The van der Waals surface area contributed by atoms with Gasteiger partial charge in [0.2, 0.25) is 0 Å². The molecule has 0 saturated heterocycles. The van der Waals surface area contributed by atoms with Crippen LogP contribution in [0.5, 0.6) is 5.75 Å². The molecule has 1 aliphatic rings. The molecular formula is C16H22N2O. The van der Waals surface area contributed by atoms with Crippen molar-refractivity contribution >= 4 is 10.9 Å². The van der Waals surface area contributed by atoms with Crippen molar-refractivity contribution in [2.24, 2.45) is 0 Å². The summed E-state index contributed by atoms with van der Waals surface area (Å²) in [5, 5.41) is 1.27. The van der Waals surface area contributed by atoms with Gasteiger partial charge in [-0.15, -0.1) is 0 Å². The molecule has 1 saturated carbocycles. The van der Waals surface area contributed by atoms with Crippen molar-refractivity contribution in [2.45, 2.75) is 38.5 Å². The van der Waals surface area contributed by atoms with Crippen LogP contribution in [0.2, 0.25) is 0 Å². The zero-order valence-electron chi connectivity index (χ0n) is 12.0. The average Bonchev–Trinajstić information content (AvgIpc) is 3.10. The minimum atomic E-state index is 0.466. The molecule has 3 nitrogen and oxygen atoms in total. The van der Waals surface area contributed by atoms with Gasteiger partial charge >= 0.3 is 0 Å². The van der Waals surface area contributed by atoms with E-state index in [0.29, 0.717) is 12.1 Å². The van der Waals surface area contributed by atoms with E-state index in [0.717, 1.165) is 12.3 Å². The zero-order chi connectivity index (χ0) is 13.4. The standard InChI is InChI=1S/C16H22N2O/c1-12(17(2)3)11-18-9-8-13-10-15(6-7-16(13)18)19-14-4-5-14/h6-10,12,14H,4-5,11H2,1-3H3. The lowest BCUT2D eigenvalue weighted by Crippen LogP contribution is -2.28. The van der Waals surface area contributed by atoms with Gasteiger partial charge in [0.05, 0.1) is 6.10 Å². The van der Waals surface area contributed by atoms with E-state index >= 15 is 0 Å². The third kappa shape index (κ3) is 2.76. The van der Waals surface area contributed by atoms with Gasteiger partial charge in [-0.1, -0.05) is 0 Å². The summed E-state index contributed by atoms with van der Waals surface area (Å²) in [6.45, 7) is 3.26. The molecule has 0 amide bonds. The third-order valence-electron chi connectivity index (χ3n) is 3.91. The van der Waals surface area contributed by atoms with Crippen molar-refractivity contribution in [3.8, 4) is 5.75 Å². The van der Waals surface area contributed by atoms with Gasteiger partial charge in [-0.2, -0.15) is 0 Å². The van der Waals surface area contributed by atoms with E-state index in [1.54, 1.807) is 0 Å². The number of likely N-dealkylation sites (N-methyl/N-ethyl adjacent to an activating group) is 1. The Labute approximate surface area is 114 Å². The maximum Gasteiger partial charge on any atom is 0.120 e. The molecule has 0 spiro atoms. The summed E-state index contributed by atoms with van der Waals surface area (Å²) in [7, 11) is 4.25. The summed E-state index contributed by atoms with van der Waals surface area (Å²) < 4.78 is 8.16.